The molecule has 0 radical (unpaired) electrons. The minimum atomic E-state index is -0.269. The number of rotatable bonds is 6. The van der Waals surface area contributed by atoms with Crippen molar-refractivity contribution < 1.29 is 4.79 Å². The van der Waals surface area contributed by atoms with Crippen LogP contribution >= 0.6 is 11.3 Å². The minimum Gasteiger partial charge on any atom is -0.347 e. The van der Waals surface area contributed by atoms with E-state index in [-0.39, 0.29) is 11.9 Å². The molecule has 29 heavy (non-hydrogen) atoms. The summed E-state index contributed by atoms with van der Waals surface area (Å²) in [6.45, 7) is 6.27. The topological polar surface area (TPSA) is 108 Å². The number of H-pyrrole nitrogens is 1. The van der Waals surface area contributed by atoms with Crippen LogP contribution in [0.3, 0.4) is 0 Å². The van der Waals surface area contributed by atoms with Gasteiger partial charge < -0.3 is 15.6 Å². The van der Waals surface area contributed by atoms with Gasteiger partial charge in [-0.05, 0) is 30.5 Å². The average molecular weight is 410 g/mol. The van der Waals surface area contributed by atoms with Crippen LogP contribution in [0.1, 0.15) is 48.8 Å². The van der Waals surface area contributed by atoms with Gasteiger partial charge in [-0.2, -0.15) is 0 Å². The van der Waals surface area contributed by atoms with Gasteiger partial charge in [0.25, 0.3) is 5.91 Å². The molecule has 0 aliphatic rings. The number of aromatic amines is 1. The van der Waals surface area contributed by atoms with Crippen molar-refractivity contribution in [1.82, 2.24) is 30.2 Å². The number of hydrogen-bond acceptors (Lipinski definition) is 7. The normalized spacial score (nSPS) is 11.4. The van der Waals surface area contributed by atoms with Crippen molar-refractivity contribution in [3.8, 4) is 0 Å². The van der Waals surface area contributed by atoms with E-state index in [1.807, 2.05) is 50.4 Å². The van der Waals surface area contributed by atoms with Gasteiger partial charge in [0.15, 0.2) is 5.69 Å². The van der Waals surface area contributed by atoms with Gasteiger partial charge in [0.05, 0.1) is 28.5 Å². The number of aromatic nitrogens is 5. The Morgan fingerprint density at radius 1 is 1.17 bits per heavy atom. The maximum atomic E-state index is 12.7. The molecule has 1 atom stereocenters. The van der Waals surface area contributed by atoms with Gasteiger partial charge in [0.1, 0.15) is 5.82 Å². The van der Waals surface area contributed by atoms with Gasteiger partial charge in [0, 0.05) is 18.6 Å². The Morgan fingerprint density at radius 2 is 2.03 bits per heavy atom. The van der Waals surface area contributed by atoms with E-state index in [0.717, 1.165) is 15.9 Å². The molecule has 0 bridgehead atoms. The Morgan fingerprint density at radius 3 is 2.76 bits per heavy atom. The maximum absolute atomic E-state index is 12.7. The van der Waals surface area contributed by atoms with Crippen LogP contribution in [0, 0.1) is 0 Å². The van der Waals surface area contributed by atoms with E-state index < -0.39 is 0 Å². The standard InChI is InChI=1S/C18H17N7OS.C2H6/c1-11(12-4-2-3-6-19-12)23-18-24-13-5-9-27-16(13)15(25-18)17(26)22-10-14-20-7-8-21-14;1-2/h2-9,11H,10H2,1H3,(H,20,21)(H,22,26)(H,23,24,25);1-2H3/t11-;/m0./s1. The zero-order chi connectivity index (χ0) is 20.6. The van der Waals surface area contributed by atoms with Crippen molar-refractivity contribution in [3.63, 3.8) is 0 Å². The molecular weight excluding hydrogens is 386 g/mol. The van der Waals surface area contributed by atoms with Crippen LogP contribution in [0.2, 0.25) is 0 Å². The lowest BCUT2D eigenvalue weighted by Gasteiger charge is -2.14. The van der Waals surface area contributed by atoms with Crippen LogP contribution in [0.25, 0.3) is 10.2 Å². The number of amides is 1. The lowest BCUT2D eigenvalue weighted by Crippen LogP contribution is -2.25. The molecule has 0 spiro atoms. The first-order valence-corrected chi connectivity index (χ1v) is 10.3. The Labute approximate surface area is 172 Å². The van der Waals surface area contributed by atoms with Crippen LogP contribution in [-0.2, 0) is 6.54 Å². The lowest BCUT2D eigenvalue weighted by molar-refractivity contribution is 0.0947. The van der Waals surface area contributed by atoms with Gasteiger partial charge in [0.2, 0.25) is 5.95 Å². The van der Waals surface area contributed by atoms with E-state index in [1.54, 1.807) is 18.6 Å². The fourth-order valence-electron chi connectivity index (χ4n) is 2.62. The van der Waals surface area contributed by atoms with Gasteiger partial charge in [-0.1, -0.05) is 19.9 Å². The number of hydrogen-bond donors (Lipinski definition) is 3. The molecule has 0 aliphatic heterocycles. The summed E-state index contributed by atoms with van der Waals surface area (Å²) in [7, 11) is 0. The smallest absolute Gasteiger partial charge is 0.271 e. The van der Waals surface area contributed by atoms with Gasteiger partial charge in [-0.15, -0.1) is 11.3 Å². The van der Waals surface area contributed by atoms with E-state index in [0.29, 0.717) is 24.0 Å². The highest BCUT2D eigenvalue weighted by molar-refractivity contribution is 7.17. The highest BCUT2D eigenvalue weighted by Crippen LogP contribution is 2.25. The van der Waals surface area contributed by atoms with Crippen molar-refractivity contribution in [3.05, 3.63) is 65.4 Å². The number of nitrogens with zero attached hydrogens (tertiary/aromatic N) is 4. The zero-order valence-electron chi connectivity index (χ0n) is 16.5. The molecule has 4 heterocycles. The molecule has 1 amide bonds. The highest BCUT2D eigenvalue weighted by Gasteiger charge is 2.17. The van der Waals surface area contributed by atoms with Crippen LogP contribution in [-0.4, -0.2) is 30.8 Å². The fraction of sp³-hybridized carbons (Fsp3) is 0.250. The molecule has 3 N–H and O–H groups in total. The van der Waals surface area contributed by atoms with Crippen LogP contribution < -0.4 is 10.6 Å². The molecular formula is C20H23N7OS. The summed E-state index contributed by atoms with van der Waals surface area (Å²) >= 11 is 1.44. The fourth-order valence-corrected chi connectivity index (χ4v) is 3.44. The molecule has 0 aliphatic carbocycles. The molecule has 8 nitrogen and oxygen atoms in total. The molecule has 0 aromatic carbocycles. The SMILES string of the molecule is CC.C[C@H](Nc1nc(C(=O)NCc2ncc[nH]2)c2sccc2n1)c1ccccn1. The average Bonchev–Trinajstić information content (AvgIpc) is 3.45. The first-order valence-electron chi connectivity index (χ1n) is 9.40. The number of anilines is 1. The second-order valence-corrected chi connectivity index (χ2v) is 6.79. The van der Waals surface area contributed by atoms with Gasteiger partial charge in [-0.25, -0.2) is 15.0 Å². The number of imidazole rings is 1. The Balaban J connectivity index is 0.00000117. The lowest BCUT2D eigenvalue weighted by atomic mass is 10.2. The first kappa shape index (κ1) is 20.4. The van der Waals surface area contributed by atoms with Crippen molar-refractivity contribution in [2.45, 2.75) is 33.4 Å². The molecule has 0 unspecified atom stereocenters. The molecule has 150 valence electrons. The Bertz CT molecular complexity index is 1050. The zero-order valence-corrected chi connectivity index (χ0v) is 17.3. The van der Waals surface area contributed by atoms with E-state index in [2.05, 4.69) is 35.6 Å². The number of thiophene rings is 1. The third-order valence-corrected chi connectivity index (χ3v) is 4.88. The molecule has 0 fully saturated rings. The predicted octanol–water partition coefficient (Wildman–Crippen LogP) is 3.94. The summed E-state index contributed by atoms with van der Waals surface area (Å²) in [5, 5.41) is 7.96. The summed E-state index contributed by atoms with van der Waals surface area (Å²) in [6, 6.07) is 7.50. The van der Waals surface area contributed by atoms with E-state index >= 15 is 0 Å². The van der Waals surface area contributed by atoms with Gasteiger partial charge >= 0.3 is 0 Å². The minimum absolute atomic E-state index is 0.0960. The summed E-state index contributed by atoms with van der Waals surface area (Å²) < 4.78 is 0.753. The third-order valence-electron chi connectivity index (χ3n) is 3.97. The van der Waals surface area contributed by atoms with E-state index in [1.165, 1.54) is 11.3 Å². The molecule has 4 aromatic rings. The number of fused-ring (bicyclic) bond motifs is 1. The number of nitrogens with one attached hydrogen (secondary N) is 3. The summed E-state index contributed by atoms with van der Waals surface area (Å²) in [5.74, 6) is 0.805. The number of carbonyl (C=O) groups excluding carboxylic acids is 1. The van der Waals surface area contributed by atoms with Crippen LogP contribution in [0.15, 0.2) is 48.2 Å². The van der Waals surface area contributed by atoms with Crippen molar-refractivity contribution in [1.29, 1.82) is 0 Å². The van der Waals surface area contributed by atoms with Crippen molar-refractivity contribution >= 4 is 33.4 Å². The van der Waals surface area contributed by atoms with Crippen molar-refractivity contribution in [2.24, 2.45) is 0 Å². The summed E-state index contributed by atoms with van der Waals surface area (Å²) in [4.78, 5) is 33.1. The summed E-state index contributed by atoms with van der Waals surface area (Å²) in [6.07, 6.45) is 5.10. The molecule has 9 heteroatoms. The van der Waals surface area contributed by atoms with E-state index in [4.69, 9.17) is 0 Å². The quantitative estimate of drug-likeness (QED) is 0.445. The second-order valence-electron chi connectivity index (χ2n) is 5.87. The highest BCUT2D eigenvalue weighted by atomic mass is 32.1. The number of carbonyl (C=O) groups is 1. The number of pyridine rings is 1. The van der Waals surface area contributed by atoms with Gasteiger partial charge in [-0.3, -0.25) is 9.78 Å². The van der Waals surface area contributed by atoms with E-state index in [9.17, 15) is 4.79 Å². The third kappa shape index (κ3) is 4.94. The predicted molar refractivity (Wildman–Crippen MR) is 115 cm³/mol. The molecule has 4 aromatic heterocycles. The Hall–Kier alpha value is -3.33. The molecule has 0 saturated carbocycles. The van der Waals surface area contributed by atoms with Crippen LogP contribution in [0.5, 0.6) is 0 Å². The summed E-state index contributed by atoms with van der Waals surface area (Å²) in [5.41, 5.74) is 1.95. The second kappa shape index (κ2) is 9.74. The Kier molecular flexibility index (Phi) is 6.85. The molecule has 0 saturated heterocycles. The molecule has 4 rings (SSSR count). The first-order chi connectivity index (χ1) is 14.2. The maximum Gasteiger partial charge on any atom is 0.271 e. The monoisotopic (exact) mass is 409 g/mol. The largest absolute Gasteiger partial charge is 0.347 e. The van der Waals surface area contributed by atoms with Crippen molar-refractivity contribution in [2.75, 3.05) is 5.32 Å². The van der Waals surface area contributed by atoms with Crippen LogP contribution in [0.4, 0.5) is 5.95 Å².